The van der Waals surface area contributed by atoms with Crippen LogP contribution < -0.4 is 4.74 Å². The van der Waals surface area contributed by atoms with Gasteiger partial charge >= 0.3 is 6.36 Å². The number of benzene rings is 1. The quantitative estimate of drug-likeness (QED) is 0.726. The highest BCUT2D eigenvalue weighted by Gasteiger charge is 2.30. The lowest BCUT2D eigenvalue weighted by Crippen LogP contribution is -2.17. The Morgan fingerprint density at radius 3 is 2.35 bits per heavy atom. The van der Waals surface area contributed by atoms with Crippen LogP contribution in [0.5, 0.6) is 5.75 Å². The molecule has 2 aromatic rings. The topological polar surface area (TPSA) is 26.3 Å². The predicted octanol–water partition coefficient (Wildman–Crippen LogP) is 4.83. The highest BCUT2D eigenvalue weighted by molar-refractivity contribution is 9.10. The minimum atomic E-state index is -4.71. The third-order valence-corrected chi connectivity index (χ3v) is 4.27. The summed E-state index contributed by atoms with van der Waals surface area (Å²) in [6.45, 7) is 0. The van der Waals surface area contributed by atoms with Gasteiger partial charge in [0.25, 0.3) is 0 Å². The van der Waals surface area contributed by atoms with Crippen LogP contribution in [0.25, 0.3) is 0 Å². The molecule has 0 saturated carbocycles. The lowest BCUT2D eigenvalue weighted by atomic mass is 10.1. The van der Waals surface area contributed by atoms with Crippen LogP contribution in [0.4, 0.5) is 13.2 Å². The third kappa shape index (κ3) is 4.08. The van der Waals surface area contributed by atoms with Crippen molar-refractivity contribution in [2.75, 3.05) is 0 Å². The van der Waals surface area contributed by atoms with Crippen molar-refractivity contribution in [1.29, 1.82) is 0 Å². The van der Waals surface area contributed by atoms with Gasteiger partial charge in [0, 0.05) is 10.9 Å². The molecule has 0 aliphatic rings. The number of rotatable bonds is 4. The molecule has 2 rings (SSSR count). The zero-order valence-corrected chi connectivity index (χ0v) is 12.3. The van der Waals surface area contributed by atoms with Crippen molar-refractivity contribution in [3.05, 3.63) is 50.6 Å². The molecular formula is C13H8BrF3O2S. The summed E-state index contributed by atoms with van der Waals surface area (Å²) < 4.78 is 40.5. The Morgan fingerprint density at radius 1 is 1.20 bits per heavy atom. The lowest BCUT2D eigenvalue weighted by Gasteiger charge is -2.09. The number of ether oxygens (including phenoxy) is 1. The Bertz CT molecular complexity index is 605. The number of hydrogen-bond donors (Lipinski definition) is 0. The smallest absolute Gasteiger partial charge is 0.406 e. The molecule has 0 unspecified atom stereocenters. The fraction of sp³-hybridized carbons (Fsp3) is 0.154. The standard InChI is InChI=1S/C13H8BrF3O2S/c14-10-5-6-20-12(10)11(18)7-8-1-3-9(4-2-8)19-13(15,16)17/h1-6H,7H2. The van der Waals surface area contributed by atoms with E-state index in [-0.39, 0.29) is 18.0 Å². The Morgan fingerprint density at radius 2 is 1.85 bits per heavy atom. The molecule has 0 spiro atoms. The summed E-state index contributed by atoms with van der Waals surface area (Å²) in [4.78, 5) is 12.6. The molecule has 0 fully saturated rings. The molecule has 0 saturated heterocycles. The summed E-state index contributed by atoms with van der Waals surface area (Å²) in [5.41, 5.74) is 0.629. The molecule has 0 aliphatic carbocycles. The number of ketones is 1. The number of halogens is 4. The minimum Gasteiger partial charge on any atom is -0.406 e. The molecule has 2 nitrogen and oxygen atoms in total. The van der Waals surface area contributed by atoms with E-state index in [0.717, 1.165) is 4.47 Å². The van der Waals surface area contributed by atoms with Crippen LogP contribution in [0.3, 0.4) is 0 Å². The molecule has 7 heteroatoms. The molecule has 0 amide bonds. The van der Waals surface area contributed by atoms with Crippen LogP contribution in [0.15, 0.2) is 40.2 Å². The molecule has 0 atom stereocenters. The van der Waals surface area contributed by atoms with Gasteiger partial charge in [-0.2, -0.15) is 0 Å². The average molecular weight is 365 g/mol. The van der Waals surface area contributed by atoms with Crippen molar-refractivity contribution < 1.29 is 22.7 Å². The van der Waals surface area contributed by atoms with E-state index in [1.807, 2.05) is 0 Å². The van der Waals surface area contributed by atoms with Crippen LogP contribution in [-0.4, -0.2) is 12.1 Å². The third-order valence-electron chi connectivity index (χ3n) is 2.39. The van der Waals surface area contributed by atoms with Crippen LogP contribution in [0, 0.1) is 0 Å². The predicted molar refractivity (Wildman–Crippen MR) is 73.2 cm³/mol. The molecule has 1 heterocycles. The SMILES string of the molecule is O=C(Cc1ccc(OC(F)(F)F)cc1)c1sccc1Br. The Hall–Kier alpha value is -1.34. The monoisotopic (exact) mass is 364 g/mol. The molecule has 1 aromatic heterocycles. The first kappa shape index (κ1) is 15.1. The number of carbonyl (C=O) groups is 1. The second-order valence-corrected chi connectivity index (χ2v) is 5.66. The minimum absolute atomic E-state index is 0.0867. The van der Waals surface area contributed by atoms with Crippen LogP contribution in [-0.2, 0) is 6.42 Å². The van der Waals surface area contributed by atoms with Crippen molar-refractivity contribution in [3.63, 3.8) is 0 Å². The first-order valence-electron chi connectivity index (χ1n) is 5.46. The number of alkyl halides is 3. The van der Waals surface area contributed by atoms with E-state index in [4.69, 9.17) is 0 Å². The van der Waals surface area contributed by atoms with Gasteiger partial charge in [0.15, 0.2) is 5.78 Å². The van der Waals surface area contributed by atoms with Gasteiger partial charge in [-0.15, -0.1) is 24.5 Å². The van der Waals surface area contributed by atoms with Gasteiger partial charge in [-0.05, 0) is 45.1 Å². The molecule has 0 radical (unpaired) electrons. The van der Waals surface area contributed by atoms with E-state index in [9.17, 15) is 18.0 Å². The average Bonchev–Trinajstić information content (AvgIpc) is 2.76. The highest BCUT2D eigenvalue weighted by atomic mass is 79.9. The Labute approximate surface area is 125 Å². The van der Waals surface area contributed by atoms with Gasteiger partial charge in [-0.3, -0.25) is 4.79 Å². The number of thiophene rings is 1. The van der Waals surface area contributed by atoms with E-state index < -0.39 is 6.36 Å². The van der Waals surface area contributed by atoms with Crippen molar-refractivity contribution in [2.24, 2.45) is 0 Å². The fourth-order valence-electron chi connectivity index (χ4n) is 1.57. The fourth-order valence-corrected chi connectivity index (χ4v) is 3.10. The summed E-state index contributed by atoms with van der Waals surface area (Å²) in [6, 6.07) is 7.05. The summed E-state index contributed by atoms with van der Waals surface area (Å²) in [7, 11) is 0. The van der Waals surface area contributed by atoms with E-state index >= 15 is 0 Å². The Balaban J connectivity index is 2.04. The second-order valence-electron chi connectivity index (χ2n) is 3.89. The van der Waals surface area contributed by atoms with Crippen molar-refractivity contribution >= 4 is 33.0 Å². The van der Waals surface area contributed by atoms with Gasteiger partial charge in [0.1, 0.15) is 5.75 Å². The van der Waals surface area contributed by atoms with Crippen molar-refractivity contribution in [3.8, 4) is 5.75 Å². The van der Waals surface area contributed by atoms with Crippen molar-refractivity contribution in [1.82, 2.24) is 0 Å². The number of Topliss-reactive ketones (excluding diaryl/α,β-unsaturated/α-hetero) is 1. The van der Waals surface area contributed by atoms with Crippen LogP contribution >= 0.6 is 27.3 Å². The first-order valence-corrected chi connectivity index (χ1v) is 7.13. The first-order chi connectivity index (χ1) is 9.35. The van der Waals surface area contributed by atoms with Gasteiger partial charge < -0.3 is 4.74 Å². The summed E-state index contributed by atoms with van der Waals surface area (Å²) in [6.07, 6.45) is -4.58. The maximum Gasteiger partial charge on any atom is 0.573 e. The normalized spacial score (nSPS) is 11.4. The second kappa shape index (κ2) is 5.97. The number of hydrogen-bond acceptors (Lipinski definition) is 3. The lowest BCUT2D eigenvalue weighted by molar-refractivity contribution is -0.274. The molecule has 0 bridgehead atoms. The summed E-state index contributed by atoms with van der Waals surface area (Å²) >= 11 is 4.59. The maximum atomic E-state index is 12.0. The summed E-state index contributed by atoms with van der Waals surface area (Å²) in [5.74, 6) is -0.387. The Kier molecular flexibility index (Phi) is 4.49. The van der Waals surface area contributed by atoms with Gasteiger partial charge in [-0.25, -0.2) is 0 Å². The largest absolute Gasteiger partial charge is 0.573 e. The molecule has 106 valence electrons. The molecule has 0 N–H and O–H groups in total. The van der Waals surface area contributed by atoms with Crippen molar-refractivity contribution in [2.45, 2.75) is 12.8 Å². The molecular weight excluding hydrogens is 357 g/mol. The number of carbonyl (C=O) groups excluding carboxylic acids is 1. The van der Waals surface area contributed by atoms with E-state index in [1.54, 1.807) is 11.4 Å². The zero-order chi connectivity index (χ0) is 14.8. The maximum absolute atomic E-state index is 12.0. The van der Waals surface area contributed by atoms with Gasteiger partial charge in [-0.1, -0.05) is 12.1 Å². The molecule has 0 aliphatic heterocycles. The van der Waals surface area contributed by atoms with E-state index in [1.165, 1.54) is 35.6 Å². The van der Waals surface area contributed by atoms with Crippen LogP contribution in [0.2, 0.25) is 0 Å². The van der Waals surface area contributed by atoms with E-state index in [2.05, 4.69) is 20.7 Å². The zero-order valence-electron chi connectivity index (χ0n) is 9.91. The summed E-state index contributed by atoms with van der Waals surface area (Å²) in [5, 5.41) is 1.79. The molecule has 1 aromatic carbocycles. The van der Waals surface area contributed by atoms with Gasteiger partial charge in [0.2, 0.25) is 0 Å². The molecule has 20 heavy (non-hydrogen) atoms. The highest BCUT2D eigenvalue weighted by Crippen LogP contribution is 2.26. The van der Waals surface area contributed by atoms with Crippen LogP contribution in [0.1, 0.15) is 15.2 Å². The van der Waals surface area contributed by atoms with E-state index in [0.29, 0.717) is 10.4 Å². The van der Waals surface area contributed by atoms with Gasteiger partial charge in [0.05, 0.1) is 4.88 Å².